The summed E-state index contributed by atoms with van der Waals surface area (Å²) in [4.78, 5) is 18.6. The standard InChI is InChI=1S/C22H25N3O4/c1-14-9-10-19(15(2)11-14)28-16(3)22(26)25(4)13-20-23-21(24-29-20)17-7-6-8-18(12-17)27-5/h6-12,16H,13H2,1-5H3. The maximum absolute atomic E-state index is 12.7. The molecule has 7 nitrogen and oxygen atoms in total. The second-order valence-corrected chi connectivity index (χ2v) is 6.97. The zero-order valence-corrected chi connectivity index (χ0v) is 17.3. The average Bonchev–Trinajstić information content (AvgIpc) is 3.18. The van der Waals surface area contributed by atoms with Gasteiger partial charge in [-0.25, -0.2) is 0 Å². The van der Waals surface area contributed by atoms with E-state index in [1.807, 2.05) is 56.3 Å². The lowest BCUT2D eigenvalue weighted by Gasteiger charge is -2.21. The summed E-state index contributed by atoms with van der Waals surface area (Å²) in [6, 6.07) is 13.2. The van der Waals surface area contributed by atoms with Crippen molar-refractivity contribution in [3.8, 4) is 22.9 Å². The van der Waals surface area contributed by atoms with Gasteiger partial charge in [-0.15, -0.1) is 0 Å². The molecule has 1 unspecified atom stereocenters. The molecule has 3 rings (SSSR count). The van der Waals surface area contributed by atoms with Crippen molar-refractivity contribution >= 4 is 5.91 Å². The molecule has 0 spiro atoms. The van der Waals surface area contributed by atoms with E-state index in [1.54, 1.807) is 21.1 Å². The molecule has 0 fully saturated rings. The van der Waals surface area contributed by atoms with E-state index in [2.05, 4.69) is 10.1 Å². The van der Waals surface area contributed by atoms with Gasteiger partial charge < -0.3 is 18.9 Å². The fraction of sp³-hybridized carbons (Fsp3) is 0.318. The molecule has 3 aromatic rings. The maximum Gasteiger partial charge on any atom is 0.263 e. The number of aromatic nitrogens is 2. The van der Waals surface area contributed by atoms with Crippen LogP contribution in [0.15, 0.2) is 47.0 Å². The van der Waals surface area contributed by atoms with Gasteiger partial charge in [0.1, 0.15) is 11.5 Å². The van der Waals surface area contributed by atoms with Crippen molar-refractivity contribution in [2.75, 3.05) is 14.2 Å². The van der Waals surface area contributed by atoms with Gasteiger partial charge in [-0.3, -0.25) is 4.79 Å². The van der Waals surface area contributed by atoms with Crippen LogP contribution in [0.5, 0.6) is 11.5 Å². The van der Waals surface area contributed by atoms with Gasteiger partial charge >= 0.3 is 0 Å². The third kappa shape index (κ3) is 4.93. The Morgan fingerprint density at radius 2 is 2.00 bits per heavy atom. The Morgan fingerprint density at radius 3 is 2.72 bits per heavy atom. The number of nitrogens with zero attached hydrogens (tertiary/aromatic N) is 3. The molecule has 0 saturated heterocycles. The minimum absolute atomic E-state index is 0.175. The zero-order valence-electron chi connectivity index (χ0n) is 17.3. The van der Waals surface area contributed by atoms with E-state index in [0.717, 1.165) is 16.7 Å². The van der Waals surface area contributed by atoms with E-state index in [1.165, 1.54) is 4.90 Å². The van der Waals surface area contributed by atoms with Crippen molar-refractivity contribution in [2.45, 2.75) is 33.4 Å². The number of hydrogen-bond donors (Lipinski definition) is 0. The molecule has 1 heterocycles. The quantitative estimate of drug-likeness (QED) is 0.606. The largest absolute Gasteiger partial charge is 0.497 e. The van der Waals surface area contributed by atoms with Crippen molar-refractivity contribution in [2.24, 2.45) is 0 Å². The molecule has 1 atom stereocenters. The number of carbonyl (C=O) groups excluding carboxylic acids is 1. The van der Waals surface area contributed by atoms with Crippen LogP contribution in [-0.2, 0) is 11.3 Å². The number of likely N-dealkylation sites (N-methyl/N-ethyl adjacent to an activating group) is 1. The summed E-state index contributed by atoms with van der Waals surface area (Å²) in [6.45, 7) is 5.90. The first kappa shape index (κ1) is 20.4. The Labute approximate surface area is 170 Å². The lowest BCUT2D eigenvalue weighted by Crippen LogP contribution is -2.37. The van der Waals surface area contributed by atoms with Crippen LogP contribution in [0.25, 0.3) is 11.4 Å². The van der Waals surface area contributed by atoms with Crippen molar-refractivity contribution < 1.29 is 18.8 Å². The van der Waals surface area contributed by atoms with Gasteiger partial charge in [0.25, 0.3) is 5.91 Å². The summed E-state index contributed by atoms with van der Waals surface area (Å²) >= 11 is 0. The predicted octanol–water partition coefficient (Wildman–Crippen LogP) is 3.79. The van der Waals surface area contributed by atoms with E-state index < -0.39 is 6.10 Å². The Bertz CT molecular complexity index is 999. The molecule has 0 N–H and O–H groups in total. The van der Waals surface area contributed by atoms with E-state index in [-0.39, 0.29) is 12.5 Å². The fourth-order valence-corrected chi connectivity index (χ4v) is 2.96. The second-order valence-electron chi connectivity index (χ2n) is 6.97. The number of hydrogen-bond acceptors (Lipinski definition) is 6. The summed E-state index contributed by atoms with van der Waals surface area (Å²) in [5.74, 6) is 2.02. The summed E-state index contributed by atoms with van der Waals surface area (Å²) < 4.78 is 16.4. The molecule has 0 aliphatic carbocycles. The molecule has 0 saturated carbocycles. The third-order valence-corrected chi connectivity index (χ3v) is 4.53. The Morgan fingerprint density at radius 1 is 1.21 bits per heavy atom. The van der Waals surface area contributed by atoms with Crippen LogP contribution in [0.1, 0.15) is 23.9 Å². The number of amides is 1. The normalized spacial score (nSPS) is 11.8. The van der Waals surface area contributed by atoms with E-state index in [4.69, 9.17) is 14.0 Å². The topological polar surface area (TPSA) is 77.7 Å². The lowest BCUT2D eigenvalue weighted by molar-refractivity contribution is -0.137. The minimum atomic E-state index is -0.637. The average molecular weight is 395 g/mol. The highest BCUT2D eigenvalue weighted by Crippen LogP contribution is 2.22. The first-order valence-corrected chi connectivity index (χ1v) is 9.33. The predicted molar refractivity (Wildman–Crippen MR) is 109 cm³/mol. The number of carbonyl (C=O) groups is 1. The molecule has 2 aromatic carbocycles. The van der Waals surface area contributed by atoms with Crippen molar-refractivity contribution in [3.05, 3.63) is 59.5 Å². The molecule has 152 valence electrons. The zero-order chi connectivity index (χ0) is 21.0. The summed E-state index contributed by atoms with van der Waals surface area (Å²) in [5, 5.41) is 4.00. The lowest BCUT2D eigenvalue weighted by atomic mass is 10.1. The molecule has 1 aromatic heterocycles. The molecule has 1 amide bonds. The maximum atomic E-state index is 12.7. The van der Waals surface area contributed by atoms with Crippen LogP contribution in [-0.4, -0.2) is 41.2 Å². The van der Waals surface area contributed by atoms with E-state index in [9.17, 15) is 4.79 Å². The van der Waals surface area contributed by atoms with Gasteiger partial charge in [0.15, 0.2) is 6.10 Å². The van der Waals surface area contributed by atoms with Crippen LogP contribution in [0.4, 0.5) is 0 Å². The summed E-state index contributed by atoms with van der Waals surface area (Å²) in [6.07, 6.45) is -0.637. The molecule has 0 bridgehead atoms. The van der Waals surface area contributed by atoms with Crippen molar-refractivity contribution in [1.29, 1.82) is 0 Å². The first-order valence-electron chi connectivity index (χ1n) is 9.33. The van der Waals surface area contributed by atoms with Gasteiger partial charge in [0.2, 0.25) is 11.7 Å². The van der Waals surface area contributed by atoms with Gasteiger partial charge in [-0.05, 0) is 44.5 Å². The van der Waals surface area contributed by atoms with Crippen LogP contribution in [0.2, 0.25) is 0 Å². The van der Waals surface area contributed by atoms with Crippen LogP contribution in [0.3, 0.4) is 0 Å². The van der Waals surface area contributed by atoms with Gasteiger partial charge in [-0.1, -0.05) is 35.0 Å². The second kappa shape index (κ2) is 8.77. The SMILES string of the molecule is COc1cccc(-c2noc(CN(C)C(=O)C(C)Oc3ccc(C)cc3C)n2)c1. The summed E-state index contributed by atoms with van der Waals surface area (Å²) in [7, 11) is 3.28. The number of methoxy groups -OCH3 is 1. The van der Waals surface area contributed by atoms with Gasteiger partial charge in [0, 0.05) is 12.6 Å². The number of benzene rings is 2. The fourth-order valence-electron chi connectivity index (χ4n) is 2.96. The van der Waals surface area contributed by atoms with Crippen molar-refractivity contribution in [3.63, 3.8) is 0 Å². The molecular weight excluding hydrogens is 370 g/mol. The third-order valence-electron chi connectivity index (χ3n) is 4.53. The molecule has 29 heavy (non-hydrogen) atoms. The van der Waals surface area contributed by atoms with Gasteiger partial charge in [-0.2, -0.15) is 4.98 Å². The highest BCUT2D eigenvalue weighted by atomic mass is 16.5. The molecule has 0 aliphatic heterocycles. The molecule has 0 aliphatic rings. The number of rotatable bonds is 7. The summed E-state index contributed by atoms with van der Waals surface area (Å²) in [5.41, 5.74) is 2.92. The van der Waals surface area contributed by atoms with E-state index in [0.29, 0.717) is 23.2 Å². The van der Waals surface area contributed by atoms with Crippen LogP contribution < -0.4 is 9.47 Å². The van der Waals surface area contributed by atoms with Crippen LogP contribution >= 0.6 is 0 Å². The van der Waals surface area contributed by atoms with Gasteiger partial charge in [0.05, 0.1) is 13.7 Å². The molecule has 0 radical (unpaired) electrons. The molecule has 7 heteroatoms. The number of aryl methyl sites for hydroxylation is 2. The Balaban J connectivity index is 1.64. The Hall–Kier alpha value is -3.35. The monoisotopic (exact) mass is 395 g/mol. The Kier molecular flexibility index (Phi) is 6.16. The number of ether oxygens (including phenoxy) is 2. The van der Waals surface area contributed by atoms with Crippen molar-refractivity contribution in [1.82, 2.24) is 15.0 Å². The minimum Gasteiger partial charge on any atom is -0.497 e. The highest BCUT2D eigenvalue weighted by molar-refractivity contribution is 5.80. The highest BCUT2D eigenvalue weighted by Gasteiger charge is 2.22. The first-order chi connectivity index (χ1) is 13.9. The molecular formula is C22H25N3O4. The van der Waals surface area contributed by atoms with Crippen LogP contribution in [0, 0.1) is 13.8 Å². The smallest absolute Gasteiger partial charge is 0.263 e. The van der Waals surface area contributed by atoms with E-state index >= 15 is 0 Å².